The average Bonchev–Trinajstić information content (AvgIpc) is 3.78. The van der Waals surface area contributed by atoms with E-state index in [0.29, 0.717) is 13.0 Å². The Kier molecular flexibility index (Phi) is 13.6. The summed E-state index contributed by atoms with van der Waals surface area (Å²) in [4.78, 5) is 0. The minimum Gasteiger partial charge on any atom is -0.379 e. The molecular formula is C29H34F6O4P+. The molecule has 0 aromatic heterocycles. The molecule has 1 saturated heterocycles. The first-order valence-electron chi connectivity index (χ1n) is 12.5. The lowest BCUT2D eigenvalue weighted by atomic mass is 10.3. The highest BCUT2D eigenvalue weighted by molar-refractivity contribution is 7.95. The predicted octanol–water partition coefficient (Wildman–Crippen LogP) is 6.48. The number of methoxy groups -OCH3 is 1. The summed E-state index contributed by atoms with van der Waals surface area (Å²) in [5.41, 5.74) is 0. The van der Waals surface area contributed by atoms with Crippen molar-refractivity contribution in [1.29, 1.82) is 0 Å². The maximum Gasteiger partial charge on any atom is 0.522 e. The van der Waals surface area contributed by atoms with Gasteiger partial charge in [-0.25, -0.2) is 0 Å². The van der Waals surface area contributed by atoms with E-state index >= 15 is 0 Å². The zero-order chi connectivity index (χ0) is 29.7. The molecule has 3 aromatic rings. The number of hydrogen-bond donors (Lipinski definition) is 0. The van der Waals surface area contributed by atoms with Crippen LogP contribution < -0.4 is 15.9 Å². The standard InChI is InChI=1S/C19H18P.C6H11F3O2.C4H5F3O2/c1-20(17-11-5-2-6-12-17,18-13-7-3-8-14-18)19-15-9-4-10-16-19;1-3-5(10-2)4-11-6(7,8)9;5-4(6,7)9-2-3-1-8-3/h2-16H,1H3;5H,3-4H2,1-2H3;3H,1-2H2/q+1;;. The molecule has 0 N–H and O–H groups in total. The van der Waals surface area contributed by atoms with Gasteiger partial charge in [0.25, 0.3) is 0 Å². The summed E-state index contributed by atoms with van der Waals surface area (Å²) in [6.45, 7) is 3.72. The second kappa shape index (κ2) is 16.1. The van der Waals surface area contributed by atoms with Crippen LogP contribution in [0.25, 0.3) is 0 Å². The lowest BCUT2D eigenvalue weighted by Crippen LogP contribution is -2.30. The number of benzene rings is 3. The Hall–Kier alpha value is -2.49. The lowest BCUT2D eigenvalue weighted by molar-refractivity contribution is -0.331. The van der Waals surface area contributed by atoms with E-state index in [9.17, 15) is 26.3 Å². The van der Waals surface area contributed by atoms with Gasteiger partial charge in [0.15, 0.2) is 0 Å². The highest BCUT2D eigenvalue weighted by Crippen LogP contribution is 2.51. The first kappa shape index (κ1) is 33.7. The molecule has 1 fully saturated rings. The van der Waals surface area contributed by atoms with Gasteiger partial charge in [0, 0.05) is 7.11 Å². The van der Waals surface area contributed by atoms with Crippen molar-refractivity contribution in [3.63, 3.8) is 0 Å². The molecule has 40 heavy (non-hydrogen) atoms. The molecule has 0 bridgehead atoms. The fourth-order valence-electron chi connectivity index (χ4n) is 3.52. The van der Waals surface area contributed by atoms with Crippen LogP contribution in [0.2, 0.25) is 0 Å². The summed E-state index contributed by atoms with van der Waals surface area (Å²) >= 11 is 0. The fraction of sp³-hybridized carbons (Fsp3) is 0.379. The molecular weight excluding hydrogens is 557 g/mol. The van der Waals surface area contributed by atoms with E-state index in [4.69, 9.17) is 0 Å². The van der Waals surface area contributed by atoms with Crippen molar-refractivity contribution in [1.82, 2.24) is 0 Å². The molecule has 0 aliphatic carbocycles. The minimum atomic E-state index is -4.55. The number of epoxide rings is 1. The normalized spacial score (nSPS) is 15.7. The maximum absolute atomic E-state index is 11.4. The Morgan fingerprint density at radius 3 is 1.40 bits per heavy atom. The zero-order valence-electron chi connectivity index (χ0n) is 22.5. The molecule has 0 saturated carbocycles. The van der Waals surface area contributed by atoms with Crippen LogP contribution in [0.3, 0.4) is 0 Å². The smallest absolute Gasteiger partial charge is 0.379 e. The van der Waals surface area contributed by atoms with Crippen molar-refractivity contribution in [3.05, 3.63) is 91.0 Å². The Morgan fingerprint density at radius 2 is 1.12 bits per heavy atom. The maximum atomic E-state index is 11.4. The first-order valence-corrected chi connectivity index (χ1v) is 14.7. The Morgan fingerprint density at radius 1 is 0.750 bits per heavy atom. The van der Waals surface area contributed by atoms with Crippen LogP contribution in [-0.4, -0.2) is 58.5 Å². The molecule has 4 nitrogen and oxygen atoms in total. The van der Waals surface area contributed by atoms with Crippen molar-refractivity contribution in [3.8, 4) is 0 Å². The zero-order valence-corrected chi connectivity index (χ0v) is 23.4. The molecule has 11 heteroatoms. The molecule has 3 aromatic carbocycles. The summed E-state index contributed by atoms with van der Waals surface area (Å²) in [6.07, 6.45) is -9.35. The number of ether oxygens (including phenoxy) is 4. The van der Waals surface area contributed by atoms with Gasteiger partial charge in [0.05, 0.1) is 32.6 Å². The topological polar surface area (TPSA) is 40.2 Å². The summed E-state index contributed by atoms with van der Waals surface area (Å²) in [5.74, 6) is 0. The van der Waals surface area contributed by atoms with Gasteiger partial charge in [-0.3, -0.25) is 9.47 Å². The van der Waals surface area contributed by atoms with Crippen molar-refractivity contribution in [2.24, 2.45) is 0 Å². The number of hydrogen-bond acceptors (Lipinski definition) is 4. The number of alkyl halides is 6. The highest BCUT2D eigenvalue weighted by atomic mass is 31.2. The summed E-state index contributed by atoms with van der Waals surface area (Å²) in [5, 5.41) is 4.28. The van der Waals surface area contributed by atoms with E-state index in [2.05, 4.69) is 117 Å². The molecule has 0 radical (unpaired) electrons. The van der Waals surface area contributed by atoms with Crippen molar-refractivity contribution < 1.29 is 45.3 Å². The molecule has 220 valence electrons. The van der Waals surface area contributed by atoms with Gasteiger partial charge in [-0.1, -0.05) is 61.5 Å². The van der Waals surface area contributed by atoms with Gasteiger partial charge >= 0.3 is 12.7 Å². The molecule has 1 aliphatic heterocycles. The fourth-order valence-corrected chi connectivity index (χ4v) is 6.72. The van der Waals surface area contributed by atoms with E-state index < -0.39 is 32.7 Å². The van der Waals surface area contributed by atoms with Crippen LogP contribution in [0.15, 0.2) is 91.0 Å². The van der Waals surface area contributed by atoms with E-state index in [1.54, 1.807) is 6.92 Å². The SMILES string of the molecule is CCC(COC(F)(F)F)OC.C[P+](c1ccccc1)(c1ccccc1)c1ccccc1.FC(F)(F)OCC1CO1. The monoisotopic (exact) mass is 591 g/mol. The van der Waals surface area contributed by atoms with Gasteiger partial charge in [0.1, 0.15) is 29.3 Å². The molecule has 0 spiro atoms. The van der Waals surface area contributed by atoms with E-state index in [1.807, 2.05) is 0 Å². The molecule has 4 rings (SSSR count). The van der Waals surface area contributed by atoms with Crippen LogP contribution in [0.1, 0.15) is 13.3 Å². The lowest BCUT2D eigenvalue weighted by Gasteiger charge is -2.22. The number of rotatable bonds is 9. The predicted molar refractivity (Wildman–Crippen MR) is 146 cm³/mol. The third kappa shape index (κ3) is 12.4. The van der Waals surface area contributed by atoms with Gasteiger partial charge in [0.2, 0.25) is 0 Å². The van der Waals surface area contributed by atoms with Crippen LogP contribution in [0.4, 0.5) is 26.3 Å². The van der Waals surface area contributed by atoms with Crippen molar-refractivity contribution >= 4 is 23.2 Å². The largest absolute Gasteiger partial charge is 0.522 e. The molecule has 1 heterocycles. The van der Waals surface area contributed by atoms with E-state index in [0.717, 1.165) is 0 Å². The molecule has 2 unspecified atom stereocenters. The third-order valence-electron chi connectivity index (χ3n) is 5.87. The van der Waals surface area contributed by atoms with Crippen LogP contribution >= 0.6 is 7.26 Å². The Balaban J connectivity index is 0.000000237. The summed E-state index contributed by atoms with van der Waals surface area (Å²) in [6, 6.07) is 32.6. The van der Waals surface area contributed by atoms with Crippen molar-refractivity contribution in [2.45, 2.75) is 38.3 Å². The molecule has 2 atom stereocenters. The average molecular weight is 592 g/mol. The quantitative estimate of drug-likeness (QED) is 0.162. The molecule has 1 aliphatic rings. The Bertz CT molecular complexity index is 978. The second-order valence-electron chi connectivity index (χ2n) is 8.75. The molecule has 0 amide bonds. The number of halogens is 6. The van der Waals surface area contributed by atoms with Crippen LogP contribution in [0.5, 0.6) is 0 Å². The second-order valence-corrected chi connectivity index (χ2v) is 12.3. The summed E-state index contributed by atoms with van der Waals surface area (Å²) < 4.78 is 83.9. The minimum absolute atomic E-state index is 0.327. The summed E-state index contributed by atoms with van der Waals surface area (Å²) in [7, 11) is -0.171. The van der Waals surface area contributed by atoms with Gasteiger partial charge in [-0.2, -0.15) is 0 Å². The van der Waals surface area contributed by atoms with Gasteiger partial charge in [-0.15, -0.1) is 26.3 Å². The van der Waals surface area contributed by atoms with Crippen LogP contribution in [0, 0.1) is 0 Å². The van der Waals surface area contributed by atoms with Crippen molar-refractivity contribution in [2.75, 3.05) is 33.6 Å². The highest BCUT2D eigenvalue weighted by Gasteiger charge is 2.39. The van der Waals surface area contributed by atoms with E-state index in [-0.39, 0.29) is 12.7 Å². The van der Waals surface area contributed by atoms with Crippen LogP contribution in [-0.2, 0) is 18.9 Å². The van der Waals surface area contributed by atoms with E-state index in [1.165, 1.54) is 23.0 Å². The van der Waals surface area contributed by atoms with Gasteiger partial charge < -0.3 is 9.47 Å². The van der Waals surface area contributed by atoms with Gasteiger partial charge in [-0.05, 0) is 42.8 Å². The first-order chi connectivity index (χ1) is 18.9. The Labute approximate surface area is 231 Å². The third-order valence-corrected chi connectivity index (χ3v) is 9.87.